The maximum Gasteiger partial charge on any atom is 0.260 e. The average Bonchev–Trinajstić information content (AvgIpc) is 2.83. The minimum absolute atomic E-state index is 0.224. The van der Waals surface area contributed by atoms with E-state index < -0.39 is 0 Å². The first-order valence-electron chi connectivity index (χ1n) is 5.34. The van der Waals surface area contributed by atoms with Gasteiger partial charge >= 0.3 is 0 Å². The Morgan fingerprint density at radius 3 is 2.94 bits per heavy atom. The van der Waals surface area contributed by atoms with Crippen molar-refractivity contribution in [2.24, 2.45) is 0 Å². The summed E-state index contributed by atoms with van der Waals surface area (Å²) in [6.45, 7) is 2.40. The summed E-state index contributed by atoms with van der Waals surface area (Å²) in [5.74, 6) is 0.909. The van der Waals surface area contributed by atoms with Gasteiger partial charge in [0.25, 0.3) is 5.91 Å². The molecule has 0 saturated heterocycles. The molecule has 0 fully saturated rings. The van der Waals surface area contributed by atoms with Crippen molar-refractivity contribution in [1.29, 1.82) is 0 Å². The normalized spacial score (nSPS) is 9.94. The number of ether oxygens (including phenoxy) is 1. The van der Waals surface area contributed by atoms with Crippen LogP contribution >= 0.6 is 0 Å². The summed E-state index contributed by atoms with van der Waals surface area (Å²) in [6, 6.07) is 8.80. The van der Waals surface area contributed by atoms with Crippen molar-refractivity contribution in [2.75, 3.05) is 11.9 Å². The van der Waals surface area contributed by atoms with E-state index in [1.54, 1.807) is 30.5 Å². The number of nitrogens with zero attached hydrogens (tertiary/aromatic N) is 1. The number of rotatable bonds is 4. The fourth-order valence-electron chi connectivity index (χ4n) is 1.45. The number of para-hydroxylation sites is 1. The van der Waals surface area contributed by atoms with Gasteiger partial charge in [0.1, 0.15) is 11.6 Å². The molecular formula is C12H13N3O2. The summed E-state index contributed by atoms with van der Waals surface area (Å²) < 4.78 is 5.39. The van der Waals surface area contributed by atoms with Gasteiger partial charge in [-0.2, -0.15) is 5.10 Å². The van der Waals surface area contributed by atoms with Crippen LogP contribution in [0.2, 0.25) is 0 Å². The van der Waals surface area contributed by atoms with Gasteiger partial charge in [-0.15, -0.1) is 0 Å². The van der Waals surface area contributed by atoms with E-state index in [-0.39, 0.29) is 5.91 Å². The van der Waals surface area contributed by atoms with E-state index in [1.165, 1.54) is 0 Å². The Hall–Kier alpha value is -2.30. The van der Waals surface area contributed by atoms with Gasteiger partial charge in [-0.05, 0) is 19.1 Å². The molecule has 0 bridgehead atoms. The Kier molecular flexibility index (Phi) is 3.40. The Balaban J connectivity index is 2.18. The van der Waals surface area contributed by atoms with E-state index in [9.17, 15) is 4.79 Å². The average molecular weight is 231 g/mol. The minimum Gasteiger partial charge on any atom is -0.493 e. The van der Waals surface area contributed by atoms with Crippen molar-refractivity contribution < 1.29 is 9.53 Å². The molecule has 0 aliphatic carbocycles. The molecule has 1 aromatic heterocycles. The lowest BCUT2D eigenvalue weighted by Crippen LogP contribution is -2.13. The monoisotopic (exact) mass is 231 g/mol. The van der Waals surface area contributed by atoms with E-state index >= 15 is 0 Å². The van der Waals surface area contributed by atoms with Gasteiger partial charge in [0.05, 0.1) is 18.4 Å². The number of benzene rings is 1. The highest BCUT2D eigenvalue weighted by atomic mass is 16.5. The summed E-state index contributed by atoms with van der Waals surface area (Å²) in [5, 5.41) is 9.12. The molecule has 0 aliphatic rings. The van der Waals surface area contributed by atoms with Crippen LogP contribution in [0.15, 0.2) is 36.5 Å². The topological polar surface area (TPSA) is 67.0 Å². The Labute approximate surface area is 98.8 Å². The third-order valence-electron chi connectivity index (χ3n) is 2.18. The molecule has 17 heavy (non-hydrogen) atoms. The number of H-pyrrole nitrogens is 1. The van der Waals surface area contributed by atoms with E-state index in [2.05, 4.69) is 15.5 Å². The highest BCUT2D eigenvalue weighted by molar-refractivity contribution is 6.05. The fourth-order valence-corrected chi connectivity index (χ4v) is 1.45. The second-order valence-electron chi connectivity index (χ2n) is 3.35. The lowest BCUT2D eigenvalue weighted by atomic mass is 10.2. The molecule has 1 amide bonds. The first kappa shape index (κ1) is 11.2. The Morgan fingerprint density at radius 2 is 2.24 bits per heavy atom. The van der Waals surface area contributed by atoms with E-state index in [0.717, 1.165) is 0 Å². The second-order valence-corrected chi connectivity index (χ2v) is 3.35. The van der Waals surface area contributed by atoms with Crippen molar-refractivity contribution in [3.05, 3.63) is 42.1 Å². The molecular weight excluding hydrogens is 218 g/mol. The highest BCUT2D eigenvalue weighted by Gasteiger charge is 2.12. The van der Waals surface area contributed by atoms with Gasteiger partial charge in [0.2, 0.25) is 0 Å². The number of anilines is 1. The summed E-state index contributed by atoms with van der Waals surface area (Å²) in [5.41, 5.74) is 0.504. The van der Waals surface area contributed by atoms with Gasteiger partial charge < -0.3 is 10.1 Å². The van der Waals surface area contributed by atoms with Crippen molar-refractivity contribution in [3.8, 4) is 5.75 Å². The molecule has 0 atom stereocenters. The maximum absolute atomic E-state index is 12.0. The lowest BCUT2D eigenvalue weighted by molar-refractivity contribution is 0.102. The van der Waals surface area contributed by atoms with Gasteiger partial charge in [0.15, 0.2) is 0 Å². The van der Waals surface area contributed by atoms with Crippen LogP contribution in [0.3, 0.4) is 0 Å². The van der Waals surface area contributed by atoms with Gasteiger partial charge in [-0.25, -0.2) is 0 Å². The van der Waals surface area contributed by atoms with Gasteiger partial charge in [0, 0.05) is 6.07 Å². The molecule has 2 N–H and O–H groups in total. The molecule has 5 heteroatoms. The third kappa shape index (κ3) is 2.63. The summed E-state index contributed by atoms with van der Waals surface area (Å²) in [7, 11) is 0. The van der Waals surface area contributed by atoms with Crippen LogP contribution in [0, 0.1) is 0 Å². The molecule has 2 rings (SSSR count). The zero-order valence-electron chi connectivity index (χ0n) is 9.43. The van der Waals surface area contributed by atoms with Crippen LogP contribution < -0.4 is 10.1 Å². The van der Waals surface area contributed by atoms with Crippen LogP contribution in [0.25, 0.3) is 0 Å². The second kappa shape index (κ2) is 5.16. The summed E-state index contributed by atoms with van der Waals surface area (Å²) >= 11 is 0. The molecule has 1 aromatic carbocycles. The van der Waals surface area contributed by atoms with Gasteiger partial charge in [-0.3, -0.25) is 9.89 Å². The molecule has 2 aromatic rings. The zero-order valence-corrected chi connectivity index (χ0v) is 9.43. The van der Waals surface area contributed by atoms with Crippen molar-refractivity contribution in [2.45, 2.75) is 6.92 Å². The van der Waals surface area contributed by atoms with Crippen LogP contribution in [-0.4, -0.2) is 22.7 Å². The predicted octanol–water partition coefficient (Wildman–Crippen LogP) is 2.06. The fraction of sp³-hybridized carbons (Fsp3) is 0.167. The molecule has 5 nitrogen and oxygen atoms in total. The van der Waals surface area contributed by atoms with E-state index in [1.807, 2.05) is 13.0 Å². The number of aromatic amines is 1. The van der Waals surface area contributed by atoms with Crippen LogP contribution in [0.5, 0.6) is 5.75 Å². The van der Waals surface area contributed by atoms with Crippen molar-refractivity contribution in [1.82, 2.24) is 10.2 Å². The van der Waals surface area contributed by atoms with Crippen LogP contribution in [-0.2, 0) is 0 Å². The highest BCUT2D eigenvalue weighted by Crippen LogP contribution is 2.18. The summed E-state index contributed by atoms with van der Waals surface area (Å²) in [4.78, 5) is 12.0. The quantitative estimate of drug-likeness (QED) is 0.846. The molecule has 0 spiro atoms. The third-order valence-corrected chi connectivity index (χ3v) is 2.18. The van der Waals surface area contributed by atoms with Gasteiger partial charge in [-0.1, -0.05) is 12.1 Å². The number of aromatic nitrogens is 2. The number of nitrogens with one attached hydrogen (secondary N) is 2. The zero-order chi connectivity index (χ0) is 12.1. The number of carbonyl (C=O) groups excluding carboxylic acids is 1. The standard InChI is InChI=1S/C12H13N3O2/c1-2-17-10-6-4-3-5-9(10)12(16)14-11-7-8-13-15-11/h3-8H,2H2,1H3,(H2,13,14,15,16). The number of hydrogen-bond donors (Lipinski definition) is 2. The SMILES string of the molecule is CCOc1ccccc1C(=O)Nc1ccn[nH]1. The van der Waals surface area contributed by atoms with Crippen molar-refractivity contribution in [3.63, 3.8) is 0 Å². The number of amides is 1. The summed E-state index contributed by atoms with van der Waals surface area (Å²) in [6.07, 6.45) is 1.57. The molecule has 1 heterocycles. The largest absolute Gasteiger partial charge is 0.493 e. The number of hydrogen-bond acceptors (Lipinski definition) is 3. The smallest absolute Gasteiger partial charge is 0.260 e. The van der Waals surface area contributed by atoms with E-state index in [0.29, 0.717) is 23.7 Å². The minimum atomic E-state index is -0.224. The molecule has 0 radical (unpaired) electrons. The molecule has 0 saturated carbocycles. The Bertz CT molecular complexity index is 494. The lowest BCUT2D eigenvalue weighted by Gasteiger charge is -2.09. The van der Waals surface area contributed by atoms with Crippen LogP contribution in [0.4, 0.5) is 5.82 Å². The maximum atomic E-state index is 12.0. The Morgan fingerprint density at radius 1 is 1.41 bits per heavy atom. The van der Waals surface area contributed by atoms with Crippen molar-refractivity contribution >= 4 is 11.7 Å². The molecule has 0 aliphatic heterocycles. The molecule has 0 unspecified atom stereocenters. The number of carbonyl (C=O) groups is 1. The van der Waals surface area contributed by atoms with Crippen LogP contribution in [0.1, 0.15) is 17.3 Å². The predicted molar refractivity (Wildman–Crippen MR) is 64.2 cm³/mol. The van der Waals surface area contributed by atoms with E-state index in [4.69, 9.17) is 4.74 Å². The molecule has 88 valence electrons. The first-order valence-corrected chi connectivity index (χ1v) is 5.34. The first-order chi connectivity index (χ1) is 8.31.